The molecule has 4 amide bonds. The molecule has 0 saturated carbocycles. The number of esters is 1. The van der Waals surface area contributed by atoms with Crippen molar-refractivity contribution in [1.29, 1.82) is 0 Å². The van der Waals surface area contributed by atoms with Gasteiger partial charge in [-0.2, -0.15) is 0 Å². The molecule has 0 aromatic heterocycles. The van der Waals surface area contributed by atoms with Crippen LogP contribution in [0.5, 0.6) is 0 Å². The number of rotatable bonds is 16. The van der Waals surface area contributed by atoms with Gasteiger partial charge in [-0.3, -0.25) is 14.4 Å². The van der Waals surface area contributed by atoms with E-state index in [-0.39, 0.29) is 13.0 Å². The number of carbonyl (C=O) groups excluding carboxylic acids is 5. The van der Waals surface area contributed by atoms with Gasteiger partial charge < -0.3 is 30.7 Å². The summed E-state index contributed by atoms with van der Waals surface area (Å²) in [5, 5.41) is 5.33. The Morgan fingerprint density at radius 2 is 1.45 bits per heavy atom. The predicted octanol–water partition coefficient (Wildman–Crippen LogP) is 4.96. The van der Waals surface area contributed by atoms with Gasteiger partial charge in [-0.15, -0.1) is 6.42 Å². The van der Waals surface area contributed by atoms with Crippen LogP contribution in [-0.2, 0) is 35.1 Å². The van der Waals surface area contributed by atoms with Gasteiger partial charge in [0.05, 0.1) is 6.42 Å². The summed E-state index contributed by atoms with van der Waals surface area (Å²) in [7, 11) is 0. The van der Waals surface area contributed by atoms with Crippen molar-refractivity contribution >= 4 is 29.8 Å². The molecule has 2 rings (SSSR count). The zero-order valence-corrected chi connectivity index (χ0v) is 29.8. The first-order valence-electron chi connectivity index (χ1n) is 16.7. The number of alkyl carbamates (subject to hydrolysis) is 1. The quantitative estimate of drug-likeness (QED) is 0.129. The van der Waals surface area contributed by atoms with Crippen molar-refractivity contribution in [3.8, 4) is 12.3 Å². The van der Waals surface area contributed by atoms with Crippen LogP contribution in [0.3, 0.4) is 0 Å². The third kappa shape index (κ3) is 14.4. The summed E-state index contributed by atoms with van der Waals surface area (Å²) >= 11 is 0. The number of ether oxygens (including phenoxy) is 2. The summed E-state index contributed by atoms with van der Waals surface area (Å²) in [6, 6.07) is 11.9. The number of unbranched alkanes of at least 4 members (excludes halogenated alkanes) is 3. The lowest BCUT2D eigenvalue weighted by Crippen LogP contribution is -2.55. The molecule has 0 aliphatic rings. The van der Waals surface area contributed by atoms with Crippen LogP contribution in [0.1, 0.15) is 103 Å². The van der Waals surface area contributed by atoms with E-state index in [0.717, 1.165) is 24.8 Å². The number of terminal acetylenes is 1. The van der Waals surface area contributed by atoms with Crippen LogP contribution in [0.15, 0.2) is 54.6 Å². The lowest BCUT2D eigenvalue weighted by molar-refractivity contribution is -0.159. The van der Waals surface area contributed by atoms with E-state index in [1.807, 2.05) is 37.3 Å². The van der Waals surface area contributed by atoms with Crippen molar-refractivity contribution in [3.63, 3.8) is 0 Å². The van der Waals surface area contributed by atoms with E-state index in [9.17, 15) is 24.0 Å². The van der Waals surface area contributed by atoms with Crippen LogP contribution in [0, 0.1) is 12.3 Å². The summed E-state index contributed by atoms with van der Waals surface area (Å²) in [6.45, 7) is 12.3. The van der Waals surface area contributed by atoms with E-state index in [4.69, 9.17) is 21.6 Å². The molecule has 49 heavy (non-hydrogen) atoms. The number of nitrogens with one attached hydrogen (secondary N) is 2. The van der Waals surface area contributed by atoms with Gasteiger partial charge in [0, 0.05) is 18.5 Å². The smallest absolute Gasteiger partial charge is 0.408 e. The third-order valence-electron chi connectivity index (χ3n) is 7.17. The first-order valence-corrected chi connectivity index (χ1v) is 16.7. The molecule has 0 bridgehead atoms. The molecule has 0 spiro atoms. The maximum Gasteiger partial charge on any atom is 0.408 e. The average molecular weight is 677 g/mol. The molecule has 0 aliphatic heterocycles. The lowest BCUT2D eigenvalue weighted by atomic mass is 9.99. The van der Waals surface area contributed by atoms with Crippen molar-refractivity contribution in [2.75, 3.05) is 6.54 Å². The average Bonchev–Trinajstić information content (AvgIpc) is 3.00. The largest absolute Gasteiger partial charge is 0.458 e. The first-order chi connectivity index (χ1) is 22.9. The molecule has 3 unspecified atom stereocenters. The predicted molar refractivity (Wildman–Crippen MR) is 188 cm³/mol. The summed E-state index contributed by atoms with van der Waals surface area (Å²) in [4.78, 5) is 68.7. The van der Waals surface area contributed by atoms with Crippen molar-refractivity contribution in [2.45, 2.75) is 116 Å². The van der Waals surface area contributed by atoms with Crippen molar-refractivity contribution in [1.82, 2.24) is 15.5 Å². The van der Waals surface area contributed by atoms with Gasteiger partial charge in [0.15, 0.2) is 0 Å². The highest BCUT2D eigenvalue weighted by Gasteiger charge is 2.38. The van der Waals surface area contributed by atoms with E-state index in [1.165, 1.54) is 4.90 Å². The number of carbonyl (C=O) groups is 5. The number of primary amides is 1. The monoisotopic (exact) mass is 676 g/mol. The highest BCUT2D eigenvalue weighted by atomic mass is 16.6. The fraction of sp³-hybridized carbons (Fsp3) is 0.500. The molecule has 2 aromatic carbocycles. The fourth-order valence-electron chi connectivity index (χ4n) is 5.03. The third-order valence-corrected chi connectivity index (χ3v) is 7.17. The number of amides is 4. The molecule has 11 nitrogen and oxygen atoms in total. The van der Waals surface area contributed by atoms with Gasteiger partial charge in [-0.05, 0) is 71.2 Å². The van der Waals surface area contributed by atoms with E-state index in [0.29, 0.717) is 17.5 Å². The van der Waals surface area contributed by atoms with Gasteiger partial charge in [-0.1, -0.05) is 74.6 Å². The Bertz CT molecular complexity index is 1450. The van der Waals surface area contributed by atoms with Crippen LogP contribution in [-0.4, -0.2) is 64.5 Å². The zero-order valence-electron chi connectivity index (χ0n) is 29.8. The molecular formula is C38H52N4O7. The highest BCUT2D eigenvalue weighted by molar-refractivity contribution is 5.95. The summed E-state index contributed by atoms with van der Waals surface area (Å²) in [5.74, 6) is -0.335. The Labute approximate surface area is 290 Å². The van der Waals surface area contributed by atoms with Crippen molar-refractivity contribution in [2.24, 2.45) is 5.73 Å². The molecule has 266 valence electrons. The highest BCUT2D eigenvalue weighted by Crippen LogP contribution is 2.26. The molecule has 0 fully saturated rings. The maximum atomic E-state index is 14.5. The van der Waals surface area contributed by atoms with Gasteiger partial charge in [0.1, 0.15) is 29.3 Å². The summed E-state index contributed by atoms with van der Waals surface area (Å²) in [6.07, 6.45) is 7.33. The summed E-state index contributed by atoms with van der Waals surface area (Å²) < 4.78 is 11.0. The molecule has 3 atom stereocenters. The van der Waals surface area contributed by atoms with Crippen LogP contribution < -0.4 is 16.4 Å². The molecular weight excluding hydrogens is 624 g/mol. The van der Waals surface area contributed by atoms with Crippen LogP contribution >= 0.6 is 0 Å². The van der Waals surface area contributed by atoms with Crippen molar-refractivity contribution < 1.29 is 33.4 Å². The standard InChI is InChI=1S/C38H52N4O7/c1-9-11-12-16-23-42(34(45)29(25-31(39)43)41-36(47)49-38(6,7)8)32(28-21-19-26(10-2)20-22-28)33(44)40-30(35(46)48-37(3,4)5)24-27-17-14-13-15-18-27/h2,13-15,17-22,29-30,32H,9,11-12,16,23-25H2,1,3-8H3,(H2,39,43)(H,40,44)(H,41,47). The van der Waals surface area contributed by atoms with Gasteiger partial charge in [0.2, 0.25) is 17.7 Å². The number of hydrogen-bond donors (Lipinski definition) is 3. The van der Waals surface area contributed by atoms with Gasteiger partial charge in [-0.25, -0.2) is 9.59 Å². The number of benzene rings is 2. The van der Waals surface area contributed by atoms with E-state index < -0.39 is 65.5 Å². The summed E-state index contributed by atoms with van der Waals surface area (Å²) in [5.41, 5.74) is 5.54. The molecule has 0 heterocycles. The van der Waals surface area contributed by atoms with Crippen LogP contribution in [0.25, 0.3) is 0 Å². The van der Waals surface area contributed by atoms with Crippen LogP contribution in [0.4, 0.5) is 4.79 Å². The van der Waals surface area contributed by atoms with Crippen LogP contribution in [0.2, 0.25) is 0 Å². The molecule has 0 radical (unpaired) electrons. The van der Waals surface area contributed by atoms with Crippen molar-refractivity contribution in [3.05, 3.63) is 71.3 Å². The second-order valence-electron chi connectivity index (χ2n) is 13.9. The Morgan fingerprint density at radius 1 is 0.837 bits per heavy atom. The zero-order chi connectivity index (χ0) is 36.8. The number of hydrogen-bond acceptors (Lipinski definition) is 7. The Hall–Kier alpha value is -4.85. The Kier molecular flexibility index (Phi) is 15.3. The lowest BCUT2D eigenvalue weighted by Gasteiger charge is -2.35. The normalized spacial score (nSPS) is 13.2. The van der Waals surface area contributed by atoms with Gasteiger partial charge in [0.25, 0.3) is 0 Å². The molecule has 2 aromatic rings. The fourth-order valence-corrected chi connectivity index (χ4v) is 5.03. The minimum atomic E-state index is -1.44. The first kappa shape index (κ1) is 40.3. The Balaban J connectivity index is 2.66. The molecule has 0 saturated heterocycles. The number of nitrogens with two attached hydrogens (primary N) is 1. The SMILES string of the molecule is C#Cc1ccc(C(C(=O)NC(Cc2ccccc2)C(=O)OC(C)(C)C)N(CCCCCC)C(=O)C(CC(N)=O)NC(=O)OC(C)(C)C)cc1. The number of nitrogens with zero attached hydrogens (tertiary/aromatic N) is 1. The maximum absolute atomic E-state index is 14.5. The second kappa shape index (κ2) is 18.6. The second-order valence-corrected chi connectivity index (χ2v) is 13.9. The molecule has 0 aliphatic carbocycles. The molecule has 11 heteroatoms. The van der Waals surface area contributed by atoms with Gasteiger partial charge >= 0.3 is 12.1 Å². The minimum Gasteiger partial charge on any atom is -0.458 e. The van der Waals surface area contributed by atoms with E-state index >= 15 is 0 Å². The molecule has 4 N–H and O–H groups in total. The Morgan fingerprint density at radius 3 is 1.98 bits per heavy atom. The van der Waals surface area contributed by atoms with E-state index in [2.05, 4.69) is 16.6 Å². The minimum absolute atomic E-state index is 0.0921. The topological polar surface area (TPSA) is 157 Å². The van der Waals surface area contributed by atoms with E-state index in [1.54, 1.807) is 65.8 Å².